The molecule has 1 aromatic heterocycles. The Balaban J connectivity index is 1.39. The first-order valence-electron chi connectivity index (χ1n) is 12.5. The first-order valence-corrected chi connectivity index (χ1v) is 15.0. The quantitative estimate of drug-likeness (QED) is 0.285. The lowest BCUT2D eigenvalue weighted by atomic mass is 9.83. The van der Waals surface area contributed by atoms with Crippen LogP contribution in [-0.2, 0) is 20.9 Å². The fourth-order valence-electron chi connectivity index (χ4n) is 5.18. The van der Waals surface area contributed by atoms with Gasteiger partial charge in [0.25, 0.3) is 0 Å². The monoisotopic (exact) mass is 653 g/mol. The van der Waals surface area contributed by atoms with Crippen molar-refractivity contribution >= 4 is 68.1 Å². The number of thioether (sulfide) groups is 1. The van der Waals surface area contributed by atoms with Gasteiger partial charge >= 0.3 is 4.87 Å². The number of nitrogens with zero attached hydrogens (tertiary/aromatic N) is 2. The summed E-state index contributed by atoms with van der Waals surface area (Å²) in [5.41, 5.74) is 1.58. The molecule has 3 aromatic carbocycles. The Labute approximate surface area is 250 Å². The number of methoxy groups -OCH3 is 1. The van der Waals surface area contributed by atoms with Crippen LogP contribution in [0.1, 0.15) is 16.4 Å². The molecular formula is C29H21BrFN3O5S2. The van der Waals surface area contributed by atoms with Crippen molar-refractivity contribution in [2.75, 3.05) is 17.3 Å². The van der Waals surface area contributed by atoms with Gasteiger partial charge in [0.05, 0.1) is 23.7 Å². The third-order valence-corrected chi connectivity index (χ3v) is 10.1. The standard InChI is InChI=1S/C29H21BrFN3O5S2/c1-39-20-11-7-18(8-12-20)32-21(35)14-33-28-25(41-29(33)38)22(15-3-2-4-16(30)13-15)23-24(40-28)27(37)34(26(23)36)19-9-5-17(31)6-10-19/h2-13,22-24H,14H2,1H3,(H,32,35). The van der Waals surface area contributed by atoms with Crippen LogP contribution >= 0.6 is 39.0 Å². The molecular weight excluding hydrogens is 633 g/mol. The fourth-order valence-corrected chi connectivity index (χ4v) is 8.37. The number of aromatic nitrogens is 1. The maximum Gasteiger partial charge on any atom is 0.308 e. The molecule has 0 spiro atoms. The summed E-state index contributed by atoms with van der Waals surface area (Å²) in [6.45, 7) is -0.268. The van der Waals surface area contributed by atoms with Crippen molar-refractivity contribution in [3.8, 4) is 5.75 Å². The van der Waals surface area contributed by atoms with Gasteiger partial charge in [0.2, 0.25) is 17.7 Å². The number of thiazole rings is 1. The van der Waals surface area contributed by atoms with Crippen molar-refractivity contribution in [2.45, 2.75) is 22.7 Å². The largest absolute Gasteiger partial charge is 0.497 e. The number of carbonyl (C=O) groups is 3. The fraction of sp³-hybridized carbons (Fsp3) is 0.172. The lowest BCUT2D eigenvalue weighted by Crippen LogP contribution is -2.33. The molecule has 0 saturated carbocycles. The zero-order valence-electron chi connectivity index (χ0n) is 21.4. The predicted octanol–water partition coefficient (Wildman–Crippen LogP) is 5.25. The maximum absolute atomic E-state index is 13.9. The summed E-state index contributed by atoms with van der Waals surface area (Å²) in [6.07, 6.45) is 0. The van der Waals surface area contributed by atoms with Crippen LogP contribution in [0.2, 0.25) is 0 Å². The molecule has 1 saturated heterocycles. The normalized spacial score (nSPS) is 19.6. The Bertz CT molecular complexity index is 1740. The maximum atomic E-state index is 13.9. The Morgan fingerprint density at radius 1 is 1.02 bits per heavy atom. The highest BCUT2D eigenvalue weighted by Crippen LogP contribution is 2.54. The van der Waals surface area contributed by atoms with Gasteiger partial charge in [-0.3, -0.25) is 23.7 Å². The molecule has 6 rings (SSSR count). The molecule has 1 N–H and O–H groups in total. The lowest BCUT2D eigenvalue weighted by molar-refractivity contribution is -0.122. The number of fused-ring (bicyclic) bond motifs is 2. The van der Waals surface area contributed by atoms with Gasteiger partial charge in [-0.2, -0.15) is 0 Å². The molecule has 0 radical (unpaired) electrons. The van der Waals surface area contributed by atoms with E-state index in [-0.39, 0.29) is 17.1 Å². The van der Waals surface area contributed by atoms with Crippen molar-refractivity contribution in [3.63, 3.8) is 0 Å². The summed E-state index contributed by atoms with van der Waals surface area (Å²) >= 11 is 5.59. The average Bonchev–Trinajstić information content (AvgIpc) is 3.40. The number of anilines is 2. The van der Waals surface area contributed by atoms with Crippen LogP contribution < -0.4 is 19.8 Å². The van der Waals surface area contributed by atoms with Crippen LogP contribution in [0.25, 0.3) is 0 Å². The number of rotatable bonds is 6. The molecule has 2 aliphatic heterocycles. The molecule has 0 aliphatic carbocycles. The minimum Gasteiger partial charge on any atom is -0.497 e. The van der Waals surface area contributed by atoms with Gasteiger partial charge in [0, 0.05) is 21.0 Å². The van der Waals surface area contributed by atoms with Crippen LogP contribution in [-0.4, -0.2) is 34.6 Å². The van der Waals surface area contributed by atoms with Crippen LogP contribution in [0.15, 0.2) is 87.1 Å². The minimum atomic E-state index is -0.839. The summed E-state index contributed by atoms with van der Waals surface area (Å²) in [5.74, 6) is -2.51. The van der Waals surface area contributed by atoms with Gasteiger partial charge in [-0.25, -0.2) is 9.29 Å². The number of halogens is 2. The topological polar surface area (TPSA) is 97.7 Å². The van der Waals surface area contributed by atoms with Crippen molar-refractivity contribution in [3.05, 3.63) is 103 Å². The highest BCUT2D eigenvalue weighted by Gasteiger charge is 2.56. The van der Waals surface area contributed by atoms with E-state index < -0.39 is 40.6 Å². The first-order chi connectivity index (χ1) is 19.7. The Hall–Kier alpha value is -3.74. The third kappa shape index (κ3) is 5.00. The van der Waals surface area contributed by atoms with Crippen molar-refractivity contribution in [2.24, 2.45) is 5.92 Å². The van der Waals surface area contributed by atoms with E-state index in [1.807, 2.05) is 24.3 Å². The van der Waals surface area contributed by atoms with Crippen molar-refractivity contribution in [1.82, 2.24) is 4.57 Å². The van der Waals surface area contributed by atoms with E-state index in [4.69, 9.17) is 4.74 Å². The van der Waals surface area contributed by atoms with Gasteiger partial charge in [0.15, 0.2) is 0 Å². The number of imide groups is 1. The van der Waals surface area contributed by atoms with Crippen LogP contribution in [0.5, 0.6) is 5.75 Å². The average molecular weight is 655 g/mol. The molecule has 3 unspecified atom stereocenters. The molecule has 4 aromatic rings. The van der Waals surface area contributed by atoms with Crippen LogP contribution in [0, 0.1) is 11.7 Å². The van der Waals surface area contributed by atoms with Gasteiger partial charge < -0.3 is 10.1 Å². The minimum absolute atomic E-state index is 0.268. The van der Waals surface area contributed by atoms with Crippen LogP contribution in [0.3, 0.4) is 0 Å². The highest BCUT2D eigenvalue weighted by atomic mass is 79.9. The Morgan fingerprint density at radius 2 is 1.76 bits per heavy atom. The molecule has 12 heteroatoms. The van der Waals surface area contributed by atoms with Crippen molar-refractivity contribution < 1.29 is 23.5 Å². The number of hydrogen-bond acceptors (Lipinski definition) is 7. The highest BCUT2D eigenvalue weighted by molar-refractivity contribution is 9.10. The number of nitrogens with one attached hydrogen (secondary N) is 1. The first kappa shape index (κ1) is 27.4. The lowest BCUT2D eigenvalue weighted by Gasteiger charge is -2.30. The van der Waals surface area contributed by atoms with Crippen LogP contribution in [0.4, 0.5) is 15.8 Å². The molecule has 3 atom stereocenters. The Morgan fingerprint density at radius 3 is 2.44 bits per heavy atom. The molecule has 3 heterocycles. The zero-order valence-corrected chi connectivity index (χ0v) is 24.6. The van der Waals surface area contributed by atoms with E-state index in [1.165, 1.54) is 28.8 Å². The molecule has 0 bridgehead atoms. The summed E-state index contributed by atoms with van der Waals surface area (Å²) in [6, 6.07) is 19.4. The molecule has 3 amide bonds. The van der Waals surface area contributed by atoms with E-state index in [2.05, 4.69) is 21.2 Å². The molecule has 8 nitrogen and oxygen atoms in total. The molecule has 41 heavy (non-hydrogen) atoms. The van der Waals surface area contributed by atoms with E-state index in [1.54, 1.807) is 31.4 Å². The molecule has 1 fully saturated rings. The number of hydrogen-bond donors (Lipinski definition) is 1. The summed E-state index contributed by atoms with van der Waals surface area (Å²) in [7, 11) is 1.55. The number of carbonyl (C=O) groups excluding carboxylic acids is 3. The SMILES string of the molecule is COc1ccc(NC(=O)Cn2c3c(sc2=O)C(c2cccc(Br)c2)C2C(=O)N(c4ccc(F)cc4)C(=O)C2S3)cc1. The third-order valence-electron chi connectivity index (χ3n) is 7.02. The van der Waals surface area contributed by atoms with E-state index in [0.29, 0.717) is 21.3 Å². The second-order valence-electron chi connectivity index (χ2n) is 9.49. The number of amides is 3. The Kier molecular flexibility index (Phi) is 7.30. The summed E-state index contributed by atoms with van der Waals surface area (Å²) in [4.78, 5) is 55.2. The van der Waals surface area contributed by atoms with Gasteiger partial charge in [-0.05, 0) is 66.2 Å². The number of ether oxygens (including phenoxy) is 1. The van der Waals surface area contributed by atoms with E-state index >= 15 is 0 Å². The summed E-state index contributed by atoms with van der Waals surface area (Å²) < 4.78 is 20.9. The van der Waals surface area contributed by atoms with Gasteiger partial charge in [0.1, 0.15) is 23.4 Å². The summed E-state index contributed by atoms with van der Waals surface area (Å²) in [5, 5.41) is 2.43. The van der Waals surface area contributed by atoms with Gasteiger partial charge in [-0.1, -0.05) is 51.2 Å². The second kappa shape index (κ2) is 10.9. The van der Waals surface area contributed by atoms with Crippen molar-refractivity contribution in [1.29, 1.82) is 0 Å². The molecule has 2 aliphatic rings. The van der Waals surface area contributed by atoms with Gasteiger partial charge in [-0.15, -0.1) is 0 Å². The van der Waals surface area contributed by atoms with E-state index in [9.17, 15) is 23.6 Å². The number of benzene rings is 3. The predicted molar refractivity (Wildman–Crippen MR) is 158 cm³/mol. The van der Waals surface area contributed by atoms with E-state index in [0.717, 1.165) is 38.0 Å². The smallest absolute Gasteiger partial charge is 0.308 e. The second-order valence-corrected chi connectivity index (χ2v) is 12.5. The zero-order chi connectivity index (χ0) is 28.8. The molecule has 208 valence electrons.